The predicted octanol–water partition coefficient (Wildman–Crippen LogP) is 1.60. The van der Waals surface area contributed by atoms with Crippen molar-refractivity contribution in [3.63, 3.8) is 0 Å². The fourth-order valence-electron chi connectivity index (χ4n) is 1.50. The van der Waals surface area contributed by atoms with Crippen LogP contribution in [0.15, 0.2) is 12.4 Å². The van der Waals surface area contributed by atoms with Crippen LogP contribution in [0.1, 0.15) is 18.7 Å². The predicted molar refractivity (Wildman–Crippen MR) is 48.1 cm³/mol. The molecule has 0 amide bonds. The minimum atomic E-state index is -4.15. The molecule has 0 spiro atoms. The Kier molecular flexibility index (Phi) is 2.26. The zero-order valence-electron chi connectivity index (χ0n) is 8.30. The number of halogens is 3. The van der Waals surface area contributed by atoms with Crippen LogP contribution in [-0.2, 0) is 13.6 Å². The van der Waals surface area contributed by atoms with E-state index in [0.717, 1.165) is 0 Å². The molecule has 0 radical (unpaired) electrons. The smallest absolute Gasteiger partial charge is 0.337 e. The third-order valence-electron chi connectivity index (χ3n) is 2.80. The molecule has 1 aliphatic carbocycles. The molecule has 3 nitrogen and oxygen atoms in total. The Labute approximate surface area is 85.3 Å². The normalized spacial score (nSPS) is 19.2. The lowest BCUT2D eigenvalue weighted by Crippen LogP contribution is -2.44. The number of alkyl halides is 3. The van der Waals surface area contributed by atoms with Crippen molar-refractivity contribution in [3.05, 3.63) is 18.2 Å². The molecule has 1 saturated carbocycles. The van der Waals surface area contributed by atoms with Gasteiger partial charge in [0.1, 0.15) is 11.4 Å². The molecule has 15 heavy (non-hydrogen) atoms. The van der Waals surface area contributed by atoms with E-state index in [1.807, 2.05) is 0 Å². The van der Waals surface area contributed by atoms with Gasteiger partial charge in [0.2, 0.25) is 0 Å². The molecule has 6 heteroatoms. The van der Waals surface area contributed by atoms with E-state index in [-0.39, 0.29) is 19.4 Å². The quantitative estimate of drug-likeness (QED) is 0.836. The van der Waals surface area contributed by atoms with Gasteiger partial charge in [-0.15, -0.1) is 0 Å². The summed E-state index contributed by atoms with van der Waals surface area (Å²) in [5, 5.41) is 2.54. The maximum absolute atomic E-state index is 12.5. The Hall–Kier alpha value is -1.04. The molecule has 1 heterocycles. The van der Waals surface area contributed by atoms with Gasteiger partial charge < -0.3 is 4.57 Å². The second-order valence-corrected chi connectivity index (χ2v) is 3.89. The highest BCUT2D eigenvalue weighted by molar-refractivity contribution is 5.08. The minimum absolute atomic E-state index is 0.156. The number of aryl methyl sites for hydroxylation is 1. The standard InChI is InChI=1S/C9H12F3N3/c1-15-5-4-13-7(15)6-14-8(2-3-8)9(10,11)12/h4-5,14H,2-3,6H2,1H3. The van der Waals surface area contributed by atoms with Crippen LogP contribution in [0, 0.1) is 0 Å². The topological polar surface area (TPSA) is 29.9 Å². The number of aromatic nitrogens is 2. The van der Waals surface area contributed by atoms with Gasteiger partial charge in [-0.25, -0.2) is 4.98 Å². The Morgan fingerprint density at radius 2 is 2.20 bits per heavy atom. The second-order valence-electron chi connectivity index (χ2n) is 3.89. The number of imidazole rings is 1. The molecule has 1 aromatic heterocycles. The Balaban J connectivity index is 1.97. The molecule has 84 valence electrons. The van der Waals surface area contributed by atoms with E-state index in [0.29, 0.717) is 5.82 Å². The van der Waals surface area contributed by atoms with Gasteiger partial charge in [-0.05, 0) is 12.8 Å². The molecular weight excluding hydrogens is 207 g/mol. The van der Waals surface area contributed by atoms with Crippen LogP contribution in [0.2, 0.25) is 0 Å². The largest absolute Gasteiger partial charge is 0.406 e. The van der Waals surface area contributed by atoms with E-state index in [1.54, 1.807) is 24.0 Å². The van der Waals surface area contributed by atoms with Crippen LogP contribution in [0.5, 0.6) is 0 Å². The van der Waals surface area contributed by atoms with Crippen molar-refractivity contribution in [2.45, 2.75) is 31.1 Å². The van der Waals surface area contributed by atoms with Crippen molar-refractivity contribution in [1.82, 2.24) is 14.9 Å². The second kappa shape index (κ2) is 3.23. The Morgan fingerprint density at radius 3 is 2.60 bits per heavy atom. The maximum atomic E-state index is 12.5. The zero-order valence-corrected chi connectivity index (χ0v) is 8.30. The number of hydrogen-bond acceptors (Lipinski definition) is 2. The number of nitrogens with zero attached hydrogens (tertiary/aromatic N) is 2. The highest BCUT2D eigenvalue weighted by atomic mass is 19.4. The van der Waals surface area contributed by atoms with Crippen LogP contribution >= 0.6 is 0 Å². The van der Waals surface area contributed by atoms with Crippen LogP contribution in [0.4, 0.5) is 13.2 Å². The molecule has 0 aromatic carbocycles. The molecule has 1 aromatic rings. The third-order valence-corrected chi connectivity index (χ3v) is 2.80. The lowest BCUT2D eigenvalue weighted by atomic mass is 10.2. The zero-order chi connectivity index (χ0) is 11.1. The van der Waals surface area contributed by atoms with Crippen molar-refractivity contribution >= 4 is 0 Å². The van der Waals surface area contributed by atoms with Gasteiger partial charge in [0.05, 0.1) is 6.54 Å². The van der Waals surface area contributed by atoms with Gasteiger partial charge in [-0.2, -0.15) is 13.2 Å². The fourth-order valence-corrected chi connectivity index (χ4v) is 1.50. The molecule has 0 atom stereocenters. The number of rotatable bonds is 3. The Bertz CT molecular complexity index is 352. The van der Waals surface area contributed by atoms with Crippen LogP contribution in [-0.4, -0.2) is 21.3 Å². The summed E-state index contributed by atoms with van der Waals surface area (Å²) in [6, 6.07) is 0. The van der Waals surface area contributed by atoms with Gasteiger partial charge in [0.25, 0.3) is 0 Å². The van der Waals surface area contributed by atoms with Crippen molar-refractivity contribution < 1.29 is 13.2 Å². The third kappa shape index (κ3) is 1.86. The fraction of sp³-hybridized carbons (Fsp3) is 0.667. The molecule has 1 fully saturated rings. The first kappa shape index (κ1) is 10.5. The van der Waals surface area contributed by atoms with Gasteiger partial charge in [-0.3, -0.25) is 5.32 Å². The van der Waals surface area contributed by atoms with Crippen molar-refractivity contribution in [1.29, 1.82) is 0 Å². The average Bonchev–Trinajstić information content (AvgIpc) is 2.82. The first-order valence-corrected chi connectivity index (χ1v) is 4.73. The van der Waals surface area contributed by atoms with E-state index in [4.69, 9.17) is 0 Å². The lowest BCUT2D eigenvalue weighted by Gasteiger charge is -2.20. The highest BCUT2D eigenvalue weighted by Crippen LogP contribution is 2.48. The summed E-state index contributed by atoms with van der Waals surface area (Å²) in [6.45, 7) is 0.156. The SMILES string of the molecule is Cn1ccnc1CNC1(C(F)(F)F)CC1. The first-order valence-electron chi connectivity index (χ1n) is 4.73. The molecule has 1 N–H and O–H groups in total. The van der Waals surface area contributed by atoms with Crippen LogP contribution < -0.4 is 5.32 Å². The number of nitrogens with one attached hydrogen (secondary N) is 1. The maximum Gasteiger partial charge on any atom is 0.406 e. The summed E-state index contributed by atoms with van der Waals surface area (Å²) in [7, 11) is 1.76. The Morgan fingerprint density at radius 1 is 1.53 bits per heavy atom. The first-order chi connectivity index (χ1) is 6.95. The van der Waals surface area contributed by atoms with Crippen molar-refractivity contribution in [3.8, 4) is 0 Å². The van der Waals surface area contributed by atoms with E-state index in [9.17, 15) is 13.2 Å². The van der Waals surface area contributed by atoms with E-state index in [2.05, 4.69) is 10.3 Å². The monoisotopic (exact) mass is 219 g/mol. The molecule has 0 unspecified atom stereocenters. The van der Waals surface area contributed by atoms with Crippen LogP contribution in [0.25, 0.3) is 0 Å². The molecule has 2 rings (SSSR count). The molecule has 1 aliphatic rings. The van der Waals surface area contributed by atoms with Gasteiger partial charge in [0.15, 0.2) is 0 Å². The average molecular weight is 219 g/mol. The van der Waals surface area contributed by atoms with Gasteiger partial charge in [-0.1, -0.05) is 0 Å². The van der Waals surface area contributed by atoms with Crippen LogP contribution in [0.3, 0.4) is 0 Å². The summed E-state index contributed by atoms with van der Waals surface area (Å²) in [6.07, 6.45) is -0.533. The van der Waals surface area contributed by atoms with E-state index >= 15 is 0 Å². The van der Waals surface area contributed by atoms with Gasteiger partial charge in [0, 0.05) is 19.4 Å². The summed E-state index contributed by atoms with van der Waals surface area (Å²) in [5.74, 6) is 0.616. The number of hydrogen-bond donors (Lipinski definition) is 1. The molecule has 0 aliphatic heterocycles. The summed E-state index contributed by atoms with van der Waals surface area (Å²) in [5.41, 5.74) is -1.65. The summed E-state index contributed by atoms with van der Waals surface area (Å²) in [4.78, 5) is 3.96. The molecule has 0 saturated heterocycles. The lowest BCUT2D eigenvalue weighted by molar-refractivity contribution is -0.166. The molecular formula is C9H12F3N3. The minimum Gasteiger partial charge on any atom is -0.337 e. The summed E-state index contributed by atoms with van der Waals surface area (Å²) < 4.78 is 39.3. The molecule has 0 bridgehead atoms. The highest BCUT2D eigenvalue weighted by Gasteiger charge is 2.63. The summed E-state index contributed by atoms with van der Waals surface area (Å²) >= 11 is 0. The van der Waals surface area contributed by atoms with Crippen molar-refractivity contribution in [2.24, 2.45) is 7.05 Å². The van der Waals surface area contributed by atoms with E-state index in [1.165, 1.54) is 0 Å². The van der Waals surface area contributed by atoms with E-state index < -0.39 is 11.7 Å². The van der Waals surface area contributed by atoms with Crippen molar-refractivity contribution in [2.75, 3.05) is 0 Å². The van der Waals surface area contributed by atoms with Gasteiger partial charge >= 0.3 is 6.18 Å².